The average molecular weight is 462 g/mol. The van der Waals surface area contributed by atoms with Crippen molar-refractivity contribution in [3.63, 3.8) is 0 Å². The number of carbonyl (C=O) groups is 1. The summed E-state index contributed by atoms with van der Waals surface area (Å²) in [6, 6.07) is 17.2. The molecule has 4 heteroatoms. The third-order valence-electron chi connectivity index (χ3n) is 8.12. The van der Waals surface area contributed by atoms with Crippen LogP contribution in [0.2, 0.25) is 0 Å². The van der Waals surface area contributed by atoms with Crippen molar-refractivity contribution in [1.82, 2.24) is 4.90 Å². The molecular formula is C30H39NO3. The molecule has 34 heavy (non-hydrogen) atoms. The van der Waals surface area contributed by atoms with E-state index in [4.69, 9.17) is 9.47 Å². The van der Waals surface area contributed by atoms with Crippen LogP contribution in [-0.4, -0.2) is 29.7 Å². The van der Waals surface area contributed by atoms with Crippen LogP contribution in [0.1, 0.15) is 76.0 Å². The van der Waals surface area contributed by atoms with Crippen LogP contribution >= 0.6 is 0 Å². The fraction of sp³-hybridized carbons (Fsp3) is 0.567. The Morgan fingerprint density at radius 3 is 2.56 bits per heavy atom. The molecule has 5 rings (SSSR count). The Hall–Kier alpha value is -2.49. The number of amides is 1. The highest BCUT2D eigenvalue weighted by atomic mass is 16.6. The lowest BCUT2D eigenvalue weighted by Crippen LogP contribution is -2.41. The summed E-state index contributed by atoms with van der Waals surface area (Å²) in [6.07, 6.45) is 8.51. The maximum atomic E-state index is 12.3. The highest BCUT2D eigenvalue weighted by molar-refractivity contribution is 5.68. The minimum absolute atomic E-state index is 0.151. The van der Waals surface area contributed by atoms with Crippen LogP contribution in [0, 0.1) is 11.8 Å². The van der Waals surface area contributed by atoms with Crippen molar-refractivity contribution < 1.29 is 14.3 Å². The molecule has 1 spiro atoms. The molecule has 2 fully saturated rings. The Morgan fingerprint density at radius 1 is 1.06 bits per heavy atom. The second kappa shape index (κ2) is 9.28. The van der Waals surface area contributed by atoms with Crippen LogP contribution in [0.15, 0.2) is 48.5 Å². The van der Waals surface area contributed by atoms with Gasteiger partial charge in [-0.05, 0) is 105 Å². The molecule has 182 valence electrons. The van der Waals surface area contributed by atoms with Gasteiger partial charge in [-0.25, -0.2) is 4.79 Å². The third kappa shape index (κ3) is 5.11. The molecule has 0 aromatic heterocycles. The normalized spacial score (nSPS) is 24.2. The molecule has 2 atom stereocenters. The highest BCUT2D eigenvalue weighted by Crippen LogP contribution is 2.63. The summed E-state index contributed by atoms with van der Waals surface area (Å²) in [5.74, 6) is 2.56. The third-order valence-corrected chi connectivity index (χ3v) is 8.12. The minimum Gasteiger partial charge on any atom is -0.489 e. The van der Waals surface area contributed by atoms with Gasteiger partial charge in [-0.1, -0.05) is 42.8 Å². The molecular weight excluding hydrogens is 422 g/mol. The van der Waals surface area contributed by atoms with Gasteiger partial charge in [-0.2, -0.15) is 0 Å². The summed E-state index contributed by atoms with van der Waals surface area (Å²) in [7, 11) is 0. The lowest BCUT2D eigenvalue weighted by atomic mass is 9.88. The van der Waals surface area contributed by atoms with Gasteiger partial charge in [0, 0.05) is 13.1 Å². The van der Waals surface area contributed by atoms with Gasteiger partial charge in [0.25, 0.3) is 0 Å². The number of nitrogens with zero attached hydrogens (tertiary/aromatic N) is 1. The number of benzene rings is 2. The number of hydrogen-bond acceptors (Lipinski definition) is 3. The van der Waals surface area contributed by atoms with E-state index in [9.17, 15) is 4.79 Å². The molecule has 0 bridgehead atoms. The Morgan fingerprint density at radius 2 is 1.82 bits per heavy atom. The van der Waals surface area contributed by atoms with E-state index in [1.54, 1.807) is 5.56 Å². The SMILES string of the molecule is CC(C)(C)OC(=O)N1CCC(CCC2CC23CCc2cc(OCc4ccccc4)ccc23)CC1. The maximum absolute atomic E-state index is 12.3. The van der Waals surface area contributed by atoms with Crippen LogP contribution in [0.3, 0.4) is 0 Å². The standard InChI is InChI=1S/C30H39NO3/c1-29(2,3)34-28(32)31-17-14-22(15-18-31)9-10-25-20-30(25)16-13-24-19-26(11-12-27(24)30)33-21-23-7-5-4-6-8-23/h4-8,11-12,19,22,25H,9-10,13-18,20-21H2,1-3H3. The summed E-state index contributed by atoms with van der Waals surface area (Å²) in [4.78, 5) is 14.2. The molecule has 0 radical (unpaired) electrons. The van der Waals surface area contributed by atoms with E-state index in [0.717, 1.165) is 43.5 Å². The van der Waals surface area contributed by atoms with Crippen molar-refractivity contribution in [1.29, 1.82) is 0 Å². The lowest BCUT2D eigenvalue weighted by Gasteiger charge is -2.33. The zero-order valence-corrected chi connectivity index (χ0v) is 21.0. The molecule has 0 N–H and O–H groups in total. The first-order valence-electron chi connectivity index (χ1n) is 13.1. The quantitative estimate of drug-likeness (QED) is 0.470. The molecule has 1 saturated carbocycles. The Labute approximate surface area is 204 Å². The number of fused-ring (bicyclic) bond motifs is 2. The van der Waals surface area contributed by atoms with Crippen molar-refractivity contribution in [3.05, 3.63) is 65.2 Å². The van der Waals surface area contributed by atoms with Gasteiger partial charge in [-0.15, -0.1) is 0 Å². The first kappa shape index (κ1) is 23.3. The molecule has 3 aliphatic rings. The monoisotopic (exact) mass is 461 g/mol. The van der Waals surface area contributed by atoms with E-state index in [1.165, 1.54) is 43.2 Å². The molecule has 2 unspecified atom stereocenters. The minimum atomic E-state index is -0.416. The first-order valence-corrected chi connectivity index (χ1v) is 13.1. The molecule has 4 nitrogen and oxygen atoms in total. The van der Waals surface area contributed by atoms with E-state index in [-0.39, 0.29) is 6.09 Å². The topological polar surface area (TPSA) is 38.8 Å². The number of rotatable bonds is 6. The summed E-state index contributed by atoms with van der Waals surface area (Å²) in [6.45, 7) is 8.10. The highest BCUT2D eigenvalue weighted by Gasteiger charge is 2.57. The fourth-order valence-corrected chi connectivity index (χ4v) is 6.15. The van der Waals surface area contributed by atoms with E-state index >= 15 is 0 Å². The fourth-order valence-electron chi connectivity index (χ4n) is 6.15. The second-order valence-electron chi connectivity index (χ2n) is 11.6. The van der Waals surface area contributed by atoms with Crippen molar-refractivity contribution in [2.24, 2.45) is 11.8 Å². The summed E-state index contributed by atoms with van der Waals surface area (Å²) in [5.41, 5.74) is 4.31. The predicted molar refractivity (Wildman–Crippen MR) is 135 cm³/mol. The van der Waals surface area contributed by atoms with Crippen molar-refractivity contribution in [2.75, 3.05) is 13.1 Å². The largest absolute Gasteiger partial charge is 0.489 e. The van der Waals surface area contributed by atoms with Gasteiger partial charge < -0.3 is 14.4 Å². The molecule has 2 aliphatic carbocycles. The molecule has 2 aromatic carbocycles. The zero-order chi connectivity index (χ0) is 23.8. The summed E-state index contributed by atoms with van der Waals surface area (Å²) >= 11 is 0. The second-order valence-corrected chi connectivity index (χ2v) is 11.6. The van der Waals surface area contributed by atoms with Crippen molar-refractivity contribution in [3.8, 4) is 5.75 Å². The van der Waals surface area contributed by atoms with Gasteiger partial charge in [0.2, 0.25) is 0 Å². The first-order chi connectivity index (χ1) is 16.3. The van der Waals surface area contributed by atoms with Gasteiger partial charge in [0.15, 0.2) is 0 Å². The van der Waals surface area contributed by atoms with Crippen LogP contribution in [-0.2, 0) is 23.2 Å². The number of carbonyl (C=O) groups excluding carboxylic acids is 1. The number of ether oxygens (including phenoxy) is 2. The van der Waals surface area contributed by atoms with Crippen LogP contribution in [0.5, 0.6) is 5.75 Å². The average Bonchev–Trinajstić information content (AvgIpc) is 3.41. The van der Waals surface area contributed by atoms with Crippen molar-refractivity contribution in [2.45, 2.75) is 83.3 Å². The van der Waals surface area contributed by atoms with Crippen LogP contribution in [0.4, 0.5) is 4.79 Å². The van der Waals surface area contributed by atoms with Crippen LogP contribution < -0.4 is 4.74 Å². The number of piperidine rings is 1. The molecule has 1 saturated heterocycles. The Kier molecular flexibility index (Phi) is 6.35. The number of likely N-dealkylation sites (tertiary alicyclic amines) is 1. The van der Waals surface area contributed by atoms with E-state index in [0.29, 0.717) is 12.0 Å². The molecule has 2 aromatic rings. The van der Waals surface area contributed by atoms with E-state index < -0.39 is 5.60 Å². The van der Waals surface area contributed by atoms with Gasteiger partial charge in [0.1, 0.15) is 18.0 Å². The predicted octanol–water partition coefficient (Wildman–Crippen LogP) is 6.90. The van der Waals surface area contributed by atoms with Gasteiger partial charge >= 0.3 is 6.09 Å². The van der Waals surface area contributed by atoms with Crippen LogP contribution in [0.25, 0.3) is 0 Å². The number of aryl methyl sites for hydroxylation is 1. The Balaban J connectivity index is 1.09. The molecule has 1 heterocycles. The maximum Gasteiger partial charge on any atom is 0.410 e. The molecule has 1 amide bonds. The zero-order valence-electron chi connectivity index (χ0n) is 21.0. The lowest BCUT2D eigenvalue weighted by molar-refractivity contribution is 0.0180. The summed E-state index contributed by atoms with van der Waals surface area (Å²) < 4.78 is 11.6. The van der Waals surface area contributed by atoms with Gasteiger partial charge in [-0.3, -0.25) is 0 Å². The van der Waals surface area contributed by atoms with Gasteiger partial charge in [0.05, 0.1) is 0 Å². The smallest absolute Gasteiger partial charge is 0.410 e. The number of hydrogen-bond donors (Lipinski definition) is 0. The van der Waals surface area contributed by atoms with E-state index in [2.05, 4.69) is 42.5 Å². The van der Waals surface area contributed by atoms with Crippen molar-refractivity contribution >= 4 is 6.09 Å². The Bertz CT molecular complexity index is 1000. The van der Waals surface area contributed by atoms with E-state index in [1.807, 2.05) is 31.7 Å². The molecule has 1 aliphatic heterocycles. The summed E-state index contributed by atoms with van der Waals surface area (Å²) in [5, 5.41) is 0.